The maximum absolute atomic E-state index is 11.3. The van der Waals surface area contributed by atoms with Crippen LogP contribution in [0.3, 0.4) is 0 Å². The van der Waals surface area contributed by atoms with Gasteiger partial charge < -0.3 is 14.7 Å². The summed E-state index contributed by atoms with van der Waals surface area (Å²) >= 11 is 0. The number of carboxylic acids is 1. The van der Waals surface area contributed by atoms with E-state index >= 15 is 0 Å². The fraction of sp³-hybridized carbons (Fsp3) is 0.462. The lowest BCUT2D eigenvalue weighted by Gasteiger charge is -2.43. The zero-order valence-electron chi connectivity index (χ0n) is 11.3. The summed E-state index contributed by atoms with van der Waals surface area (Å²) in [5, 5.41) is 20.4. The molecule has 0 atom stereocenters. The Morgan fingerprint density at radius 1 is 1.50 bits per heavy atom. The molecule has 1 aliphatic rings. The zero-order valence-corrected chi connectivity index (χ0v) is 11.3. The summed E-state index contributed by atoms with van der Waals surface area (Å²) in [5.41, 5.74) is -0.770. The number of aromatic carboxylic acids is 1. The van der Waals surface area contributed by atoms with Crippen LogP contribution in [0.4, 0.5) is 11.4 Å². The number of rotatable bonds is 3. The van der Waals surface area contributed by atoms with Gasteiger partial charge >= 0.3 is 11.7 Å². The molecule has 0 aliphatic carbocycles. The normalized spacial score (nSPS) is 17.8. The molecule has 20 heavy (non-hydrogen) atoms. The minimum Gasteiger partial charge on any atom is -0.477 e. The van der Waals surface area contributed by atoms with Crippen molar-refractivity contribution in [2.45, 2.75) is 19.4 Å². The molecular formula is C13H16N2O5. The maximum Gasteiger partial charge on any atom is 0.342 e. The SMILES string of the molecule is CC1(C)COCCN1c1cccc(C(=O)O)c1[N+](=O)[O-]. The number of carbonyl (C=O) groups is 1. The predicted octanol–water partition coefficient (Wildman–Crippen LogP) is 1.91. The molecule has 1 fully saturated rings. The van der Waals surface area contributed by atoms with E-state index in [-0.39, 0.29) is 11.3 Å². The Labute approximate surface area is 115 Å². The van der Waals surface area contributed by atoms with Gasteiger partial charge in [-0.2, -0.15) is 0 Å². The van der Waals surface area contributed by atoms with Crippen molar-refractivity contribution in [1.29, 1.82) is 0 Å². The van der Waals surface area contributed by atoms with E-state index in [1.807, 2.05) is 18.7 Å². The number of morpholine rings is 1. The largest absolute Gasteiger partial charge is 0.477 e. The van der Waals surface area contributed by atoms with Crippen LogP contribution in [0.2, 0.25) is 0 Å². The molecule has 1 aliphatic heterocycles. The zero-order chi connectivity index (χ0) is 14.9. The number of nitrogens with zero attached hydrogens (tertiary/aromatic N) is 2. The van der Waals surface area contributed by atoms with E-state index in [9.17, 15) is 14.9 Å². The van der Waals surface area contributed by atoms with E-state index in [0.717, 1.165) is 0 Å². The van der Waals surface area contributed by atoms with Gasteiger partial charge in [-0.15, -0.1) is 0 Å². The molecule has 0 spiro atoms. The second-order valence-electron chi connectivity index (χ2n) is 5.25. The van der Waals surface area contributed by atoms with Gasteiger partial charge in [-0.05, 0) is 26.0 Å². The Morgan fingerprint density at radius 2 is 2.20 bits per heavy atom. The lowest BCUT2D eigenvalue weighted by atomic mass is 10.00. The van der Waals surface area contributed by atoms with Crippen LogP contribution in [0.5, 0.6) is 0 Å². The summed E-state index contributed by atoms with van der Waals surface area (Å²) in [4.78, 5) is 23.7. The molecule has 1 N–H and O–H groups in total. The molecule has 2 rings (SSSR count). The fourth-order valence-electron chi connectivity index (χ4n) is 2.42. The first kappa shape index (κ1) is 14.3. The van der Waals surface area contributed by atoms with E-state index in [0.29, 0.717) is 25.4 Å². The number of carboxylic acid groups (broad SMARTS) is 1. The Bertz CT molecular complexity index is 556. The van der Waals surface area contributed by atoms with Crippen molar-refractivity contribution in [3.8, 4) is 0 Å². The van der Waals surface area contributed by atoms with Crippen molar-refractivity contribution in [3.05, 3.63) is 33.9 Å². The first-order chi connectivity index (χ1) is 9.34. The molecule has 108 valence electrons. The van der Waals surface area contributed by atoms with Crippen molar-refractivity contribution in [3.63, 3.8) is 0 Å². The average Bonchev–Trinajstić information content (AvgIpc) is 2.37. The van der Waals surface area contributed by atoms with Crippen LogP contribution in [0.15, 0.2) is 18.2 Å². The molecule has 0 aromatic heterocycles. The van der Waals surface area contributed by atoms with Gasteiger partial charge in [-0.3, -0.25) is 10.1 Å². The molecule has 1 heterocycles. The standard InChI is InChI=1S/C13H16N2O5/c1-13(2)8-20-7-6-14(13)10-5-3-4-9(12(16)17)11(10)15(18)19/h3-5H,6-8H2,1-2H3,(H,16,17). The molecule has 7 heteroatoms. The number of para-hydroxylation sites is 1. The van der Waals surface area contributed by atoms with Crippen molar-refractivity contribution in [2.75, 3.05) is 24.7 Å². The van der Waals surface area contributed by atoms with Gasteiger partial charge in [0.05, 0.1) is 23.7 Å². The molecule has 1 aromatic rings. The molecule has 1 saturated heterocycles. The lowest BCUT2D eigenvalue weighted by Crippen LogP contribution is -2.53. The third-order valence-corrected chi connectivity index (χ3v) is 3.36. The quantitative estimate of drug-likeness (QED) is 0.671. The van der Waals surface area contributed by atoms with Crippen molar-refractivity contribution >= 4 is 17.3 Å². The molecule has 0 amide bonds. The summed E-state index contributed by atoms with van der Waals surface area (Å²) in [7, 11) is 0. The predicted molar refractivity (Wildman–Crippen MR) is 72.3 cm³/mol. The third-order valence-electron chi connectivity index (χ3n) is 3.36. The first-order valence-corrected chi connectivity index (χ1v) is 6.20. The highest BCUT2D eigenvalue weighted by molar-refractivity contribution is 5.95. The first-order valence-electron chi connectivity index (χ1n) is 6.20. The Kier molecular flexibility index (Phi) is 3.63. The smallest absolute Gasteiger partial charge is 0.342 e. The highest BCUT2D eigenvalue weighted by Gasteiger charge is 2.36. The Morgan fingerprint density at radius 3 is 2.75 bits per heavy atom. The second kappa shape index (κ2) is 5.09. The van der Waals surface area contributed by atoms with Crippen LogP contribution in [0, 0.1) is 10.1 Å². The molecular weight excluding hydrogens is 264 g/mol. The summed E-state index contributed by atoms with van der Waals surface area (Å²) in [6, 6.07) is 4.35. The van der Waals surface area contributed by atoms with E-state index in [1.165, 1.54) is 12.1 Å². The topological polar surface area (TPSA) is 92.9 Å². The van der Waals surface area contributed by atoms with Gasteiger partial charge in [-0.25, -0.2) is 4.79 Å². The van der Waals surface area contributed by atoms with Crippen molar-refractivity contribution in [1.82, 2.24) is 0 Å². The molecule has 0 bridgehead atoms. The molecule has 0 saturated carbocycles. The van der Waals surface area contributed by atoms with Crippen LogP contribution in [-0.2, 0) is 4.74 Å². The highest BCUT2D eigenvalue weighted by Crippen LogP contribution is 2.36. The van der Waals surface area contributed by atoms with Crippen molar-refractivity contribution in [2.24, 2.45) is 0 Å². The van der Waals surface area contributed by atoms with Gasteiger partial charge in [0.1, 0.15) is 11.3 Å². The van der Waals surface area contributed by atoms with E-state index < -0.39 is 16.4 Å². The number of nitro benzene ring substituents is 1. The van der Waals surface area contributed by atoms with Gasteiger partial charge in [0, 0.05) is 6.54 Å². The van der Waals surface area contributed by atoms with Gasteiger partial charge in [0.2, 0.25) is 0 Å². The van der Waals surface area contributed by atoms with Crippen LogP contribution in [-0.4, -0.2) is 41.3 Å². The van der Waals surface area contributed by atoms with E-state index in [2.05, 4.69) is 0 Å². The number of hydrogen-bond acceptors (Lipinski definition) is 5. The monoisotopic (exact) mass is 280 g/mol. The fourth-order valence-corrected chi connectivity index (χ4v) is 2.42. The average molecular weight is 280 g/mol. The van der Waals surface area contributed by atoms with E-state index in [1.54, 1.807) is 6.07 Å². The summed E-state index contributed by atoms with van der Waals surface area (Å²) in [6.45, 7) is 5.18. The van der Waals surface area contributed by atoms with Gasteiger partial charge in [-0.1, -0.05) is 6.07 Å². The molecule has 0 radical (unpaired) electrons. The maximum atomic E-state index is 11.3. The van der Waals surface area contributed by atoms with Crippen molar-refractivity contribution < 1.29 is 19.6 Å². The van der Waals surface area contributed by atoms with Crippen LogP contribution in [0.25, 0.3) is 0 Å². The number of anilines is 1. The molecule has 7 nitrogen and oxygen atoms in total. The van der Waals surface area contributed by atoms with Crippen LogP contribution in [0.1, 0.15) is 24.2 Å². The number of nitro groups is 1. The lowest BCUT2D eigenvalue weighted by molar-refractivity contribution is -0.384. The molecule has 1 aromatic carbocycles. The van der Waals surface area contributed by atoms with Gasteiger partial charge in [0.15, 0.2) is 0 Å². The Hall–Kier alpha value is -2.15. The van der Waals surface area contributed by atoms with Crippen LogP contribution < -0.4 is 4.90 Å². The number of ether oxygens (including phenoxy) is 1. The summed E-state index contributed by atoms with van der Waals surface area (Å²) in [6.07, 6.45) is 0. The van der Waals surface area contributed by atoms with Crippen LogP contribution >= 0.6 is 0 Å². The summed E-state index contributed by atoms with van der Waals surface area (Å²) in [5.74, 6) is -1.30. The van der Waals surface area contributed by atoms with E-state index in [4.69, 9.17) is 9.84 Å². The minimum absolute atomic E-state index is 0.296. The minimum atomic E-state index is -1.30. The third kappa shape index (κ3) is 2.44. The molecule has 0 unspecified atom stereocenters. The van der Waals surface area contributed by atoms with Gasteiger partial charge in [0.25, 0.3) is 0 Å². The highest BCUT2D eigenvalue weighted by atomic mass is 16.6. The number of benzene rings is 1. The Balaban J connectivity index is 2.59. The second-order valence-corrected chi connectivity index (χ2v) is 5.25. The number of hydrogen-bond donors (Lipinski definition) is 1. The summed E-state index contributed by atoms with van der Waals surface area (Å²) < 4.78 is 5.39.